The Morgan fingerprint density at radius 3 is 0.949 bits per heavy atom. The van der Waals surface area contributed by atoms with Gasteiger partial charge in [0, 0.05) is 100 Å². The van der Waals surface area contributed by atoms with E-state index in [4.69, 9.17) is 8.83 Å². The summed E-state index contributed by atoms with van der Waals surface area (Å²) in [6, 6.07) is 155. The van der Waals surface area contributed by atoms with Crippen LogP contribution in [0.15, 0.2) is 440 Å². The molecule has 0 aliphatic carbocycles. The van der Waals surface area contributed by atoms with E-state index in [0.717, 1.165) is 145 Å². The van der Waals surface area contributed by atoms with Crippen molar-refractivity contribution in [3.05, 3.63) is 431 Å². The van der Waals surface area contributed by atoms with Gasteiger partial charge < -0.3 is 28.4 Å². The molecule has 0 spiro atoms. The molecule has 22 aromatic rings. The number of benzene rings is 20. The molecule has 118 heavy (non-hydrogen) atoms. The molecule has 0 atom stereocenters. The summed E-state index contributed by atoms with van der Waals surface area (Å²) in [7, 11) is -1.45. The molecule has 0 radical (unpaired) electrons. The zero-order valence-corrected chi connectivity index (χ0v) is 66.6. The summed E-state index contributed by atoms with van der Waals surface area (Å²) >= 11 is 0. The van der Waals surface area contributed by atoms with Gasteiger partial charge >= 0.3 is 0 Å². The van der Waals surface area contributed by atoms with Crippen molar-refractivity contribution in [1.29, 1.82) is 0 Å². The van der Waals surface area contributed by atoms with Crippen LogP contribution in [0.2, 0.25) is 19.6 Å². The van der Waals surface area contributed by atoms with Gasteiger partial charge in [0.05, 0.1) is 13.8 Å². The van der Waals surface area contributed by atoms with E-state index in [0.29, 0.717) is 0 Å². The highest BCUT2D eigenvalue weighted by Crippen LogP contribution is 2.50. The van der Waals surface area contributed by atoms with Crippen molar-refractivity contribution >= 4 is 190 Å². The summed E-state index contributed by atoms with van der Waals surface area (Å²) in [6.07, 6.45) is 0. The van der Waals surface area contributed by atoms with Crippen LogP contribution in [0.25, 0.3) is 131 Å². The fraction of sp³-hybridized carbons (Fsp3) is 0.0270. The van der Waals surface area contributed by atoms with Crippen LogP contribution in [-0.2, 0) is 0 Å². The van der Waals surface area contributed by atoms with Crippen LogP contribution in [0.1, 0.15) is 0 Å². The van der Waals surface area contributed by atoms with Crippen LogP contribution in [0.3, 0.4) is 0 Å². The van der Waals surface area contributed by atoms with Crippen molar-refractivity contribution in [2.75, 3.05) is 19.6 Å². The molecule has 6 nitrogen and oxygen atoms in total. The van der Waals surface area contributed by atoms with Crippen LogP contribution >= 0.6 is 0 Å². The summed E-state index contributed by atoms with van der Waals surface area (Å²) in [5.41, 5.74) is 21.6. The lowest BCUT2D eigenvalue weighted by molar-refractivity contribution is 0.672. The summed E-state index contributed by atoms with van der Waals surface area (Å²) in [5.74, 6) is 0. The van der Waals surface area contributed by atoms with Crippen molar-refractivity contribution in [2.24, 2.45) is 0 Å². The van der Waals surface area contributed by atoms with E-state index in [1.807, 2.05) is 0 Å². The van der Waals surface area contributed by atoms with Gasteiger partial charge in [-0.1, -0.05) is 274 Å². The van der Waals surface area contributed by atoms with Gasteiger partial charge in [-0.2, -0.15) is 0 Å². The van der Waals surface area contributed by atoms with Gasteiger partial charge in [-0.15, -0.1) is 0 Å². The molecule has 0 aliphatic heterocycles. The number of nitrogens with zero attached hydrogens (tertiary/aromatic N) is 4. The summed E-state index contributed by atoms with van der Waals surface area (Å²) in [4.78, 5) is 9.33. The van der Waals surface area contributed by atoms with Crippen molar-refractivity contribution < 1.29 is 8.83 Å². The third-order valence-corrected chi connectivity index (χ3v) is 25.4. The normalized spacial score (nSPS) is 11.7. The van der Waals surface area contributed by atoms with Crippen LogP contribution in [-0.4, -0.2) is 8.07 Å². The Hall–Kier alpha value is -15.0. The monoisotopic (exact) mass is 1530 g/mol. The molecule has 0 saturated carbocycles. The minimum Gasteiger partial charge on any atom is -0.455 e. The fourth-order valence-electron chi connectivity index (χ4n) is 17.7. The minimum atomic E-state index is -1.45. The van der Waals surface area contributed by atoms with E-state index < -0.39 is 8.07 Å². The van der Waals surface area contributed by atoms with Gasteiger partial charge in [0.1, 0.15) is 22.3 Å². The first kappa shape index (κ1) is 70.8. The van der Waals surface area contributed by atoms with E-state index in [2.05, 4.69) is 470 Å². The first-order chi connectivity index (χ1) is 58.2. The molecule has 0 amide bonds. The Labute approximate surface area is 686 Å². The van der Waals surface area contributed by atoms with Crippen molar-refractivity contribution in [1.82, 2.24) is 0 Å². The third-order valence-electron chi connectivity index (χ3n) is 23.3. The minimum absolute atomic E-state index is 0.881. The van der Waals surface area contributed by atoms with E-state index in [9.17, 15) is 0 Å². The van der Waals surface area contributed by atoms with Gasteiger partial charge in [-0.3, -0.25) is 0 Å². The molecule has 0 bridgehead atoms. The molecule has 2 heterocycles. The molecule has 0 aliphatic rings. The molecule has 560 valence electrons. The quantitative estimate of drug-likeness (QED) is 0.0752. The van der Waals surface area contributed by atoms with Crippen LogP contribution in [0.5, 0.6) is 0 Å². The zero-order valence-electron chi connectivity index (χ0n) is 65.6. The SMILES string of the molecule is C[Si](C)(C)c1ccc(N(c2ccccc2)c2ccc(-c3ccc4c(c3)oc3c5ccc(N(c6ccccc6)c6ccccc6)cc5c5ccccc5c43)c3ccccc23)cc1.c1ccc(N(c2ccccc2)c2ccc3cc(-c4ccc5c(c4)oc4c6ccc(N(c7ccccc7)c7ccccc7)cc6c6ccccc6c54)ccc3c2)cc1. The number of rotatable bonds is 15. The second-order valence-electron chi connectivity index (χ2n) is 31.5. The second kappa shape index (κ2) is 29.7. The van der Waals surface area contributed by atoms with Gasteiger partial charge in [0.25, 0.3) is 0 Å². The molecule has 20 aromatic carbocycles. The highest BCUT2D eigenvalue weighted by atomic mass is 28.3. The topological polar surface area (TPSA) is 39.2 Å². The lowest BCUT2D eigenvalue weighted by Crippen LogP contribution is -2.37. The van der Waals surface area contributed by atoms with Gasteiger partial charge in [-0.25, -0.2) is 0 Å². The summed E-state index contributed by atoms with van der Waals surface area (Å²) in [6.45, 7) is 7.20. The molecule has 22 rings (SSSR count). The Kier molecular flexibility index (Phi) is 17.8. The summed E-state index contributed by atoms with van der Waals surface area (Å²) in [5, 5.41) is 20.1. The lowest BCUT2D eigenvalue weighted by Gasteiger charge is -2.28. The molecular formula is C111H80N4O2Si. The van der Waals surface area contributed by atoms with E-state index in [1.54, 1.807) is 0 Å². The van der Waals surface area contributed by atoms with Gasteiger partial charge in [-0.05, 0) is 253 Å². The number of anilines is 12. The predicted molar refractivity (Wildman–Crippen MR) is 505 cm³/mol. The molecule has 0 fully saturated rings. The Bertz CT molecular complexity index is 7410. The fourth-order valence-corrected chi connectivity index (χ4v) is 18.9. The first-order valence-corrected chi connectivity index (χ1v) is 44.0. The van der Waals surface area contributed by atoms with E-state index >= 15 is 0 Å². The standard InChI is InChI=1S/C57H44N2OSi.C54H36N2O/c1-61(2,3)45-31-28-43(29-32-45)59(42-21-11-6-12-22-42)54-36-35-46(47-23-13-15-25-49(47)54)39-27-33-52-55(37-39)60-57-51-34-30-44(38-53(51)48-24-14-16-26-50(48)56(52)57)58(40-17-7-4-8-18-40)41-19-9-5-10-20-41;1-5-15-41(16-6-1)55(42-17-7-2-8-18-42)45-29-27-38-33-37(25-26-39(38)34-45)40-28-31-50-52(35-40)57-54-49-32-30-46(36-51(49)47-23-13-14-24-48(47)53(50)54)56(43-19-9-3-10-20-43)44-21-11-4-12-22-44/h4-38H,1-3H3;1-36H. The molecule has 0 N–H and O–H groups in total. The van der Waals surface area contributed by atoms with Crippen LogP contribution in [0, 0.1) is 0 Å². The van der Waals surface area contributed by atoms with Crippen molar-refractivity contribution in [2.45, 2.75) is 19.6 Å². The average Bonchev–Trinajstić information content (AvgIpc) is 1.51. The highest BCUT2D eigenvalue weighted by Gasteiger charge is 2.26. The third kappa shape index (κ3) is 12.8. The van der Waals surface area contributed by atoms with Crippen molar-refractivity contribution in [3.63, 3.8) is 0 Å². The average molecular weight is 1530 g/mol. The molecular weight excluding hydrogens is 1450 g/mol. The Morgan fingerprint density at radius 2 is 0.508 bits per heavy atom. The molecule has 2 aromatic heterocycles. The van der Waals surface area contributed by atoms with Crippen LogP contribution in [0.4, 0.5) is 68.2 Å². The predicted octanol–water partition coefficient (Wildman–Crippen LogP) is 31.8. The number of para-hydroxylation sites is 7. The maximum atomic E-state index is 7.01. The lowest BCUT2D eigenvalue weighted by atomic mass is 9.94. The molecule has 0 unspecified atom stereocenters. The highest BCUT2D eigenvalue weighted by molar-refractivity contribution is 6.88. The maximum Gasteiger partial charge on any atom is 0.143 e. The smallest absolute Gasteiger partial charge is 0.143 e. The van der Waals surface area contributed by atoms with Gasteiger partial charge in [0.15, 0.2) is 0 Å². The van der Waals surface area contributed by atoms with Crippen LogP contribution < -0.4 is 24.8 Å². The molecule has 0 saturated heterocycles. The number of hydrogen-bond acceptors (Lipinski definition) is 6. The largest absolute Gasteiger partial charge is 0.455 e. The van der Waals surface area contributed by atoms with E-state index in [1.165, 1.54) is 59.2 Å². The zero-order chi connectivity index (χ0) is 78.8. The Balaban J connectivity index is 0.000000147. The number of furan rings is 2. The number of hydrogen-bond donors (Lipinski definition) is 0. The Morgan fingerprint density at radius 1 is 0.195 bits per heavy atom. The second-order valence-corrected chi connectivity index (χ2v) is 36.6. The van der Waals surface area contributed by atoms with Crippen molar-refractivity contribution in [3.8, 4) is 22.3 Å². The first-order valence-electron chi connectivity index (χ1n) is 40.5. The molecule has 7 heteroatoms. The summed E-state index contributed by atoms with van der Waals surface area (Å²) < 4.78 is 13.9. The maximum absolute atomic E-state index is 7.01. The van der Waals surface area contributed by atoms with Gasteiger partial charge in [0.2, 0.25) is 0 Å². The number of fused-ring (bicyclic) bond motifs is 18. The van der Waals surface area contributed by atoms with E-state index in [-0.39, 0.29) is 0 Å².